The van der Waals surface area contributed by atoms with Crippen LogP contribution < -0.4 is 16.4 Å². The molecule has 2 unspecified atom stereocenters. The van der Waals surface area contributed by atoms with E-state index in [9.17, 15) is 22.8 Å². The molecule has 2 atom stereocenters. The van der Waals surface area contributed by atoms with Crippen LogP contribution in [-0.2, 0) is 30.5 Å². The molecule has 2 aromatic carbocycles. The van der Waals surface area contributed by atoms with Gasteiger partial charge in [-0.25, -0.2) is 4.99 Å². The van der Waals surface area contributed by atoms with Crippen molar-refractivity contribution in [2.24, 2.45) is 16.1 Å². The number of hydrogen-bond acceptors (Lipinski definition) is 4. The van der Waals surface area contributed by atoms with Crippen molar-refractivity contribution in [2.75, 3.05) is 0 Å². The Morgan fingerprint density at radius 2 is 1.76 bits per heavy atom. The Labute approximate surface area is 247 Å². The summed E-state index contributed by atoms with van der Waals surface area (Å²) in [5, 5.41) is 5.94. The fourth-order valence-electron chi connectivity index (χ4n) is 6.18. The maximum absolute atomic E-state index is 13.3. The van der Waals surface area contributed by atoms with Gasteiger partial charge in [0.2, 0.25) is 5.91 Å². The van der Waals surface area contributed by atoms with Gasteiger partial charge in [-0.15, -0.1) is 0 Å². The Kier molecular flexibility index (Phi) is 12.0. The molecule has 1 heterocycles. The van der Waals surface area contributed by atoms with Gasteiger partial charge in [0.1, 0.15) is 0 Å². The van der Waals surface area contributed by atoms with Crippen molar-refractivity contribution in [3.63, 3.8) is 0 Å². The highest BCUT2D eigenvalue weighted by Gasteiger charge is 2.33. The first kappa shape index (κ1) is 33.1. The second-order valence-electron chi connectivity index (χ2n) is 11.9. The smallest absolute Gasteiger partial charge is 0.370 e. The van der Waals surface area contributed by atoms with E-state index in [4.69, 9.17) is 5.73 Å². The number of nitrogens with one attached hydrogen (secondary N) is 2. The zero-order chi connectivity index (χ0) is 30.9. The summed E-state index contributed by atoms with van der Waals surface area (Å²) in [4.78, 5) is 29.3. The van der Waals surface area contributed by atoms with Gasteiger partial charge in [0.05, 0.1) is 12.1 Å². The Bertz CT molecular complexity index is 1260. The first-order chi connectivity index (χ1) is 20.0. The van der Waals surface area contributed by atoms with Crippen LogP contribution in [-0.4, -0.2) is 30.5 Å². The normalized spacial score (nSPS) is 20.1. The number of unbranched alkanes of at least 4 members (excludes halogenated alkanes) is 1. The van der Waals surface area contributed by atoms with Gasteiger partial charge < -0.3 is 11.1 Å². The number of alkyl halides is 3. The maximum Gasteiger partial charge on any atom is 0.379 e. The Morgan fingerprint density at radius 3 is 2.48 bits per heavy atom. The van der Waals surface area contributed by atoms with Crippen LogP contribution in [0.3, 0.4) is 0 Å². The Hall–Kier alpha value is -3.36. The lowest BCUT2D eigenvalue weighted by Crippen LogP contribution is -2.43. The van der Waals surface area contributed by atoms with Crippen molar-refractivity contribution < 1.29 is 22.8 Å². The molecular formula is C33H45F3N4O2. The topological polar surface area (TPSA) is 96.6 Å². The molecule has 9 heteroatoms. The highest BCUT2D eigenvalue weighted by molar-refractivity contribution is 5.98. The summed E-state index contributed by atoms with van der Waals surface area (Å²) >= 11 is 0. The molecule has 5 rings (SSSR count). The molecule has 0 saturated carbocycles. The van der Waals surface area contributed by atoms with Gasteiger partial charge in [-0.05, 0) is 96.7 Å². The lowest BCUT2D eigenvalue weighted by atomic mass is 9.71. The number of fused-ring (bicyclic) bond motifs is 2. The monoisotopic (exact) mass is 586 g/mol. The van der Waals surface area contributed by atoms with E-state index in [1.165, 1.54) is 34.2 Å². The zero-order valence-corrected chi connectivity index (χ0v) is 25.2. The van der Waals surface area contributed by atoms with Crippen LogP contribution in [0.4, 0.5) is 13.2 Å². The standard InChI is InChI=1S/C30H38N4O2.C2H6.CHF3/c1-30(2)17-23-11-10-19(6-3-4-9-24-16-27(35)34-29(31)32-24)14-25(23)26(18-30)33-28(36)22-13-12-20-7-5-8-21(20)15-22;1-2;2-1(3)4/h10-15,24,26H,3-9,16-18H2,1-2H3,(H,33,36)(H3,31,32,34,35);1-2H3;1H. The third-order valence-corrected chi connectivity index (χ3v) is 7.94. The summed E-state index contributed by atoms with van der Waals surface area (Å²) in [5.74, 6) is 0.222. The second-order valence-corrected chi connectivity index (χ2v) is 11.9. The molecule has 3 aliphatic rings. The number of guanidine groups is 1. The summed E-state index contributed by atoms with van der Waals surface area (Å²) in [6, 6.07) is 13.0. The quantitative estimate of drug-likeness (QED) is 0.314. The molecule has 6 nitrogen and oxygen atoms in total. The number of carbonyl (C=O) groups is 2. The zero-order valence-electron chi connectivity index (χ0n) is 25.2. The molecule has 230 valence electrons. The van der Waals surface area contributed by atoms with E-state index in [1.807, 2.05) is 19.9 Å². The van der Waals surface area contributed by atoms with E-state index in [0.29, 0.717) is 6.42 Å². The van der Waals surface area contributed by atoms with Crippen LogP contribution in [0.1, 0.15) is 110 Å². The number of amides is 2. The summed E-state index contributed by atoms with van der Waals surface area (Å²) in [6.07, 6.45) is 9.63. The minimum absolute atomic E-state index is 0.0108. The van der Waals surface area contributed by atoms with Crippen molar-refractivity contribution in [3.8, 4) is 0 Å². The second kappa shape index (κ2) is 15.2. The number of nitrogens with zero attached hydrogens (tertiary/aromatic N) is 1. The summed E-state index contributed by atoms with van der Waals surface area (Å²) in [6.45, 7) is 4.92. The van der Waals surface area contributed by atoms with Crippen LogP contribution in [0.25, 0.3) is 0 Å². The van der Waals surface area contributed by atoms with Gasteiger partial charge >= 0.3 is 6.68 Å². The number of aliphatic imine (C=N–C) groups is 1. The van der Waals surface area contributed by atoms with Crippen LogP contribution in [0.2, 0.25) is 0 Å². The van der Waals surface area contributed by atoms with Crippen molar-refractivity contribution in [1.29, 1.82) is 0 Å². The molecule has 1 aliphatic heterocycles. The number of hydrogen-bond donors (Lipinski definition) is 3. The molecule has 0 bridgehead atoms. The van der Waals surface area contributed by atoms with Crippen LogP contribution in [0.15, 0.2) is 41.4 Å². The van der Waals surface area contributed by atoms with E-state index in [0.717, 1.165) is 56.9 Å². The van der Waals surface area contributed by atoms with Crippen molar-refractivity contribution in [2.45, 2.75) is 111 Å². The lowest BCUT2D eigenvalue weighted by molar-refractivity contribution is -0.120. The molecular weight excluding hydrogens is 541 g/mol. The van der Waals surface area contributed by atoms with Crippen molar-refractivity contribution >= 4 is 17.8 Å². The number of nitrogens with two attached hydrogens (primary N) is 1. The molecule has 42 heavy (non-hydrogen) atoms. The third kappa shape index (κ3) is 9.60. The third-order valence-electron chi connectivity index (χ3n) is 7.94. The van der Waals surface area contributed by atoms with Gasteiger partial charge in [-0.1, -0.05) is 58.4 Å². The van der Waals surface area contributed by atoms with Gasteiger partial charge in [-0.3, -0.25) is 14.9 Å². The molecule has 0 saturated heterocycles. The van der Waals surface area contributed by atoms with Crippen LogP contribution in [0, 0.1) is 5.41 Å². The minimum Gasteiger partial charge on any atom is -0.370 e. The summed E-state index contributed by atoms with van der Waals surface area (Å²) in [5.41, 5.74) is 13.2. The SMILES string of the molecule is CC.CC1(C)Cc2ccc(CCCCC3CC(=O)NC(N)=N3)cc2C(NC(=O)c2ccc3c(c2)CCC3)C1.FC(F)F. The summed E-state index contributed by atoms with van der Waals surface area (Å²) in [7, 11) is 0. The van der Waals surface area contributed by atoms with E-state index < -0.39 is 6.68 Å². The van der Waals surface area contributed by atoms with Gasteiger partial charge in [0.15, 0.2) is 5.96 Å². The molecule has 2 aromatic rings. The summed E-state index contributed by atoms with van der Waals surface area (Å²) < 4.78 is 29.0. The molecule has 2 aliphatic carbocycles. The fraction of sp³-hybridized carbons (Fsp3) is 0.545. The van der Waals surface area contributed by atoms with E-state index in [2.05, 4.69) is 59.8 Å². The molecule has 0 aromatic heterocycles. The van der Waals surface area contributed by atoms with Crippen LogP contribution in [0.5, 0.6) is 0 Å². The predicted octanol–water partition coefficient (Wildman–Crippen LogP) is 6.74. The Balaban J connectivity index is 0.000000745. The van der Waals surface area contributed by atoms with Gasteiger partial charge in [-0.2, -0.15) is 13.2 Å². The fourth-order valence-corrected chi connectivity index (χ4v) is 6.18. The largest absolute Gasteiger partial charge is 0.379 e. The molecule has 0 radical (unpaired) electrons. The average molecular weight is 587 g/mol. The molecule has 4 N–H and O–H groups in total. The Morgan fingerprint density at radius 1 is 1.07 bits per heavy atom. The maximum atomic E-state index is 13.3. The predicted molar refractivity (Wildman–Crippen MR) is 161 cm³/mol. The van der Waals surface area contributed by atoms with Crippen molar-refractivity contribution in [3.05, 3.63) is 69.8 Å². The minimum atomic E-state index is -3.67. The molecule has 0 spiro atoms. The number of carbonyl (C=O) groups excluding carboxylic acids is 2. The first-order valence-corrected chi connectivity index (χ1v) is 15.1. The number of benzene rings is 2. The van der Waals surface area contributed by atoms with Crippen molar-refractivity contribution in [1.82, 2.24) is 10.6 Å². The highest BCUT2D eigenvalue weighted by Crippen LogP contribution is 2.41. The average Bonchev–Trinajstić information content (AvgIpc) is 3.39. The first-order valence-electron chi connectivity index (χ1n) is 15.1. The van der Waals surface area contributed by atoms with Crippen LogP contribution >= 0.6 is 0 Å². The number of rotatable bonds is 7. The molecule has 2 amide bonds. The van der Waals surface area contributed by atoms with E-state index in [-0.39, 0.29) is 35.3 Å². The van der Waals surface area contributed by atoms with E-state index in [1.54, 1.807) is 0 Å². The number of halogens is 3. The number of aryl methyl sites for hydroxylation is 3. The lowest BCUT2D eigenvalue weighted by Gasteiger charge is -2.37. The van der Waals surface area contributed by atoms with E-state index >= 15 is 0 Å². The van der Waals surface area contributed by atoms with Gasteiger partial charge in [0, 0.05) is 12.0 Å². The highest BCUT2D eigenvalue weighted by atomic mass is 19.4. The molecule has 0 fully saturated rings. The van der Waals surface area contributed by atoms with Gasteiger partial charge in [0.25, 0.3) is 5.91 Å².